The van der Waals surface area contributed by atoms with E-state index in [1.165, 1.54) is 0 Å². The molecule has 0 bridgehead atoms. The molecule has 110 valence electrons. The van der Waals surface area contributed by atoms with E-state index >= 15 is 0 Å². The van der Waals surface area contributed by atoms with Crippen LogP contribution in [0.2, 0.25) is 0 Å². The molecule has 0 fully saturated rings. The van der Waals surface area contributed by atoms with Gasteiger partial charge in [0.1, 0.15) is 0 Å². The molecule has 0 aliphatic heterocycles. The van der Waals surface area contributed by atoms with Gasteiger partial charge in [-0.05, 0) is 38.0 Å². The number of carbonyl (C=O) groups excluding carboxylic acids is 1. The van der Waals surface area contributed by atoms with Gasteiger partial charge in [-0.15, -0.1) is 0 Å². The number of rotatable bonds is 6. The van der Waals surface area contributed by atoms with Gasteiger partial charge in [0, 0.05) is 11.2 Å². The second-order valence-corrected chi connectivity index (χ2v) is 5.48. The van der Waals surface area contributed by atoms with Crippen LogP contribution in [0.25, 0.3) is 0 Å². The number of nitrogens with one attached hydrogen (secondary N) is 2. The first-order valence-corrected chi connectivity index (χ1v) is 6.72. The zero-order valence-electron chi connectivity index (χ0n) is 12.2. The summed E-state index contributed by atoms with van der Waals surface area (Å²) in [5.41, 5.74) is 1.10. The average molecular weight is 278 g/mol. The highest BCUT2D eigenvalue weighted by Gasteiger charge is 2.18. The molecular formula is C15H22N2O3. The van der Waals surface area contributed by atoms with Crippen molar-refractivity contribution in [2.45, 2.75) is 45.6 Å². The summed E-state index contributed by atoms with van der Waals surface area (Å²) in [5, 5.41) is 14.3. The summed E-state index contributed by atoms with van der Waals surface area (Å²) in [6.45, 7) is 6.03. The first kappa shape index (κ1) is 16.0. The lowest BCUT2D eigenvalue weighted by Gasteiger charge is -2.25. The maximum atomic E-state index is 11.8. The van der Waals surface area contributed by atoms with Crippen LogP contribution in [0.15, 0.2) is 24.3 Å². The van der Waals surface area contributed by atoms with Crippen LogP contribution in [0.5, 0.6) is 0 Å². The fourth-order valence-electron chi connectivity index (χ4n) is 2.04. The van der Waals surface area contributed by atoms with Crippen LogP contribution in [-0.4, -0.2) is 22.6 Å². The van der Waals surface area contributed by atoms with E-state index in [4.69, 9.17) is 5.11 Å². The molecule has 0 saturated heterocycles. The molecule has 0 spiro atoms. The molecule has 5 heteroatoms. The minimum atomic E-state index is -0.871. The molecule has 0 aliphatic carbocycles. The Kier molecular flexibility index (Phi) is 5.55. The van der Waals surface area contributed by atoms with E-state index in [0.29, 0.717) is 11.3 Å². The van der Waals surface area contributed by atoms with Crippen molar-refractivity contribution in [3.8, 4) is 0 Å². The monoisotopic (exact) mass is 278 g/mol. The Balaban J connectivity index is 2.56. The molecule has 0 radical (unpaired) electrons. The molecule has 0 unspecified atom stereocenters. The molecule has 2 amide bonds. The zero-order chi connectivity index (χ0) is 15.2. The number of anilines is 1. The summed E-state index contributed by atoms with van der Waals surface area (Å²) in [6, 6.07) is 6.53. The van der Waals surface area contributed by atoms with Crippen molar-refractivity contribution >= 4 is 17.7 Å². The Hall–Kier alpha value is -2.04. The lowest BCUT2D eigenvalue weighted by Crippen LogP contribution is -2.45. The van der Waals surface area contributed by atoms with Crippen molar-refractivity contribution in [1.82, 2.24) is 5.32 Å². The topological polar surface area (TPSA) is 78.4 Å². The summed E-state index contributed by atoms with van der Waals surface area (Å²) in [7, 11) is 0. The van der Waals surface area contributed by atoms with Crippen molar-refractivity contribution in [1.29, 1.82) is 0 Å². The van der Waals surface area contributed by atoms with E-state index in [-0.39, 0.29) is 18.0 Å². The Bertz CT molecular complexity index is 467. The molecule has 0 aromatic heterocycles. The predicted octanol–water partition coefficient (Wildman–Crippen LogP) is 3.01. The lowest BCUT2D eigenvalue weighted by atomic mass is 9.99. The maximum absolute atomic E-state index is 11.8. The summed E-state index contributed by atoms with van der Waals surface area (Å²) in [6.07, 6.45) is 1.88. The van der Waals surface area contributed by atoms with Crippen LogP contribution < -0.4 is 10.6 Å². The van der Waals surface area contributed by atoms with Gasteiger partial charge in [0.05, 0.1) is 6.42 Å². The number of carbonyl (C=O) groups is 2. The quantitative estimate of drug-likeness (QED) is 0.748. The van der Waals surface area contributed by atoms with Crippen LogP contribution in [0.1, 0.15) is 39.2 Å². The van der Waals surface area contributed by atoms with Crippen molar-refractivity contribution in [2.75, 3.05) is 5.32 Å². The molecule has 1 rings (SSSR count). The highest BCUT2D eigenvalue weighted by molar-refractivity contribution is 5.89. The van der Waals surface area contributed by atoms with Crippen LogP contribution in [0, 0.1) is 0 Å². The third-order valence-corrected chi connectivity index (χ3v) is 2.89. The van der Waals surface area contributed by atoms with Gasteiger partial charge in [-0.3, -0.25) is 4.79 Å². The van der Waals surface area contributed by atoms with Gasteiger partial charge < -0.3 is 15.7 Å². The number of carboxylic acids is 1. The summed E-state index contributed by atoms with van der Waals surface area (Å²) < 4.78 is 0. The van der Waals surface area contributed by atoms with E-state index in [9.17, 15) is 9.59 Å². The molecule has 3 N–H and O–H groups in total. The van der Waals surface area contributed by atoms with Gasteiger partial charge in [-0.2, -0.15) is 0 Å². The molecule has 0 atom stereocenters. The van der Waals surface area contributed by atoms with Crippen LogP contribution in [0.3, 0.4) is 0 Å². The standard InChI is InChI=1S/C15H22N2O3/c1-4-9-15(2,3)17-14(20)16-12-7-5-11(6-8-12)10-13(18)19/h5-8H,4,9-10H2,1-3H3,(H,18,19)(H2,16,17,20). The van der Waals surface area contributed by atoms with Gasteiger partial charge in [-0.1, -0.05) is 25.5 Å². The maximum Gasteiger partial charge on any atom is 0.319 e. The molecule has 0 aliphatic rings. The van der Waals surface area contributed by atoms with Crippen molar-refractivity contribution in [3.63, 3.8) is 0 Å². The predicted molar refractivity (Wildman–Crippen MR) is 78.9 cm³/mol. The van der Waals surface area contributed by atoms with Crippen LogP contribution in [-0.2, 0) is 11.2 Å². The van der Waals surface area contributed by atoms with Gasteiger partial charge in [-0.25, -0.2) is 4.79 Å². The van der Waals surface area contributed by atoms with Crippen LogP contribution >= 0.6 is 0 Å². The Morgan fingerprint density at radius 3 is 2.30 bits per heavy atom. The molecule has 0 saturated carbocycles. The third-order valence-electron chi connectivity index (χ3n) is 2.89. The highest BCUT2D eigenvalue weighted by Crippen LogP contribution is 2.13. The second kappa shape index (κ2) is 6.93. The van der Waals surface area contributed by atoms with Crippen molar-refractivity contribution in [3.05, 3.63) is 29.8 Å². The molecule has 20 heavy (non-hydrogen) atoms. The number of benzene rings is 1. The SMILES string of the molecule is CCCC(C)(C)NC(=O)Nc1ccc(CC(=O)O)cc1. The Labute approximate surface area is 119 Å². The van der Waals surface area contributed by atoms with E-state index in [1.54, 1.807) is 24.3 Å². The Morgan fingerprint density at radius 1 is 1.20 bits per heavy atom. The van der Waals surface area contributed by atoms with E-state index in [2.05, 4.69) is 17.6 Å². The highest BCUT2D eigenvalue weighted by atomic mass is 16.4. The third kappa shape index (κ3) is 5.73. The normalized spacial score (nSPS) is 10.9. The van der Waals surface area contributed by atoms with Crippen molar-refractivity contribution in [2.24, 2.45) is 0 Å². The fourth-order valence-corrected chi connectivity index (χ4v) is 2.04. The number of hydrogen-bond acceptors (Lipinski definition) is 2. The molecule has 1 aromatic rings. The molecule has 5 nitrogen and oxygen atoms in total. The minimum absolute atomic E-state index is 0.0178. The van der Waals surface area contributed by atoms with Gasteiger partial charge in [0.2, 0.25) is 0 Å². The van der Waals surface area contributed by atoms with Gasteiger partial charge in [0.15, 0.2) is 0 Å². The summed E-state index contributed by atoms with van der Waals surface area (Å²) in [4.78, 5) is 22.4. The number of hydrogen-bond donors (Lipinski definition) is 3. The number of urea groups is 1. The molecular weight excluding hydrogens is 256 g/mol. The smallest absolute Gasteiger partial charge is 0.319 e. The van der Waals surface area contributed by atoms with E-state index < -0.39 is 5.97 Å². The zero-order valence-corrected chi connectivity index (χ0v) is 12.2. The number of carboxylic acid groups (broad SMARTS) is 1. The first-order valence-electron chi connectivity index (χ1n) is 6.72. The Morgan fingerprint density at radius 2 is 1.80 bits per heavy atom. The van der Waals surface area contributed by atoms with Gasteiger partial charge in [0.25, 0.3) is 0 Å². The molecule has 0 heterocycles. The van der Waals surface area contributed by atoms with Crippen molar-refractivity contribution < 1.29 is 14.7 Å². The number of aliphatic carboxylic acids is 1. The van der Waals surface area contributed by atoms with Crippen LogP contribution in [0.4, 0.5) is 10.5 Å². The van der Waals surface area contributed by atoms with E-state index in [1.807, 2.05) is 13.8 Å². The summed E-state index contributed by atoms with van der Waals surface area (Å²) in [5.74, 6) is -0.871. The first-order chi connectivity index (χ1) is 9.32. The van der Waals surface area contributed by atoms with E-state index in [0.717, 1.165) is 12.8 Å². The minimum Gasteiger partial charge on any atom is -0.481 e. The molecule has 1 aromatic carbocycles. The lowest BCUT2D eigenvalue weighted by molar-refractivity contribution is -0.136. The number of amides is 2. The largest absolute Gasteiger partial charge is 0.481 e. The summed E-state index contributed by atoms with van der Waals surface area (Å²) >= 11 is 0. The fraction of sp³-hybridized carbons (Fsp3) is 0.467. The van der Waals surface area contributed by atoms with Gasteiger partial charge >= 0.3 is 12.0 Å². The second-order valence-electron chi connectivity index (χ2n) is 5.48. The average Bonchev–Trinajstić information content (AvgIpc) is 2.29.